The summed E-state index contributed by atoms with van der Waals surface area (Å²) in [6.07, 6.45) is 1.69. The van der Waals surface area contributed by atoms with E-state index in [9.17, 15) is 9.90 Å². The molecule has 0 amide bonds. The fourth-order valence-electron chi connectivity index (χ4n) is 3.21. The Kier molecular flexibility index (Phi) is 4.33. The quantitative estimate of drug-likeness (QED) is 0.670. The number of nitrogens with one attached hydrogen (secondary N) is 1. The van der Waals surface area contributed by atoms with Gasteiger partial charge in [0.25, 0.3) is 5.56 Å². The number of aliphatic imine (C=N–C) groups is 1. The fourth-order valence-corrected chi connectivity index (χ4v) is 3.52. The first-order valence-electron chi connectivity index (χ1n) is 8.62. The SMILES string of the molecule is CCn1c(O)c(/C=C2\C(c3ccccc3)=Nc3ccccc32)c(=O)[nH]c1=S. The van der Waals surface area contributed by atoms with E-state index in [1.165, 1.54) is 4.57 Å². The van der Waals surface area contributed by atoms with Gasteiger partial charge in [0.2, 0.25) is 5.88 Å². The normalized spacial score (nSPS) is 14.3. The smallest absolute Gasteiger partial charge is 0.262 e. The average molecular weight is 375 g/mol. The summed E-state index contributed by atoms with van der Waals surface area (Å²) in [6.45, 7) is 2.31. The molecule has 134 valence electrons. The summed E-state index contributed by atoms with van der Waals surface area (Å²) in [6, 6.07) is 17.5. The van der Waals surface area contributed by atoms with Gasteiger partial charge in [-0.1, -0.05) is 48.5 Å². The van der Waals surface area contributed by atoms with E-state index in [4.69, 9.17) is 17.2 Å². The molecule has 0 radical (unpaired) electrons. The maximum Gasteiger partial charge on any atom is 0.262 e. The van der Waals surface area contributed by atoms with Gasteiger partial charge in [0, 0.05) is 23.2 Å². The molecule has 1 aromatic heterocycles. The molecule has 2 N–H and O–H groups in total. The minimum atomic E-state index is -0.425. The molecule has 0 aliphatic carbocycles. The summed E-state index contributed by atoms with van der Waals surface area (Å²) in [5.74, 6) is -0.143. The lowest BCUT2D eigenvalue weighted by atomic mass is 9.96. The monoisotopic (exact) mass is 375 g/mol. The molecule has 3 aromatic rings. The minimum Gasteiger partial charge on any atom is -0.494 e. The molecule has 0 bridgehead atoms. The molecular weight excluding hydrogens is 358 g/mol. The van der Waals surface area contributed by atoms with Crippen LogP contribution in [0.3, 0.4) is 0 Å². The number of H-pyrrole nitrogens is 1. The summed E-state index contributed by atoms with van der Waals surface area (Å²) in [7, 11) is 0. The van der Waals surface area contributed by atoms with Crippen LogP contribution in [-0.4, -0.2) is 20.4 Å². The van der Waals surface area contributed by atoms with Gasteiger partial charge in [-0.3, -0.25) is 14.3 Å². The lowest BCUT2D eigenvalue weighted by molar-refractivity contribution is 0.408. The molecule has 0 fully saturated rings. The van der Waals surface area contributed by atoms with Crippen molar-refractivity contribution in [3.63, 3.8) is 0 Å². The molecule has 1 aliphatic rings. The molecule has 4 rings (SSSR count). The van der Waals surface area contributed by atoms with Crippen LogP contribution in [0.15, 0.2) is 64.4 Å². The standard InChI is InChI=1S/C21H17N3O2S/c1-2-24-20(26)16(19(25)23-21(24)27)12-15-14-10-6-7-11-17(14)22-18(15)13-8-4-3-5-9-13/h3-12,26H,2H2,1H3,(H,23,25,27)/b15-12-. The van der Waals surface area contributed by atoms with Crippen LogP contribution in [0.5, 0.6) is 5.88 Å². The van der Waals surface area contributed by atoms with Crippen LogP contribution in [0.4, 0.5) is 5.69 Å². The van der Waals surface area contributed by atoms with E-state index in [1.54, 1.807) is 6.08 Å². The fraction of sp³-hybridized carbons (Fsp3) is 0.0952. The van der Waals surface area contributed by atoms with Crippen molar-refractivity contribution in [3.05, 3.63) is 86.4 Å². The van der Waals surface area contributed by atoms with Gasteiger partial charge in [0.05, 0.1) is 11.4 Å². The van der Waals surface area contributed by atoms with Crippen LogP contribution in [-0.2, 0) is 6.54 Å². The van der Waals surface area contributed by atoms with Crippen LogP contribution < -0.4 is 5.56 Å². The number of benzene rings is 2. The molecule has 5 nitrogen and oxygen atoms in total. The van der Waals surface area contributed by atoms with Crippen molar-refractivity contribution in [2.45, 2.75) is 13.5 Å². The van der Waals surface area contributed by atoms with E-state index in [-0.39, 0.29) is 16.2 Å². The summed E-state index contributed by atoms with van der Waals surface area (Å²) in [5.41, 5.74) is 3.99. The van der Waals surface area contributed by atoms with Gasteiger partial charge in [0.1, 0.15) is 5.56 Å². The van der Waals surface area contributed by atoms with Gasteiger partial charge in [-0.2, -0.15) is 0 Å². The van der Waals surface area contributed by atoms with E-state index < -0.39 is 5.56 Å². The highest BCUT2D eigenvalue weighted by atomic mass is 32.1. The molecule has 2 heterocycles. The van der Waals surface area contributed by atoms with E-state index in [0.717, 1.165) is 28.1 Å². The highest BCUT2D eigenvalue weighted by molar-refractivity contribution is 7.71. The summed E-state index contributed by atoms with van der Waals surface area (Å²) < 4.78 is 1.69. The second kappa shape index (κ2) is 6.81. The summed E-state index contributed by atoms with van der Waals surface area (Å²) in [4.78, 5) is 19.9. The van der Waals surface area contributed by atoms with Gasteiger partial charge >= 0.3 is 0 Å². The summed E-state index contributed by atoms with van der Waals surface area (Å²) in [5, 5.41) is 10.6. The first kappa shape index (κ1) is 17.2. The highest BCUT2D eigenvalue weighted by Crippen LogP contribution is 2.38. The number of aromatic hydroxyl groups is 1. The average Bonchev–Trinajstić information content (AvgIpc) is 3.04. The number of aromatic amines is 1. The predicted molar refractivity (Wildman–Crippen MR) is 110 cm³/mol. The Morgan fingerprint density at radius 1 is 1.15 bits per heavy atom. The zero-order valence-electron chi connectivity index (χ0n) is 14.6. The Morgan fingerprint density at radius 2 is 1.85 bits per heavy atom. The van der Waals surface area contributed by atoms with Crippen molar-refractivity contribution in [1.82, 2.24) is 9.55 Å². The Labute approximate surface area is 161 Å². The van der Waals surface area contributed by atoms with Gasteiger partial charge in [-0.05, 0) is 31.3 Å². The highest BCUT2D eigenvalue weighted by Gasteiger charge is 2.23. The number of nitrogens with zero attached hydrogens (tertiary/aromatic N) is 2. The minimum absolute atomic E-state index is 0.143. The number of fused-ring (bicyclic) bond motifs is 1. The van der Waals surface area contributed by atoms with Gasteiger partial charge in [-0.25, -0.2) is 4.99 Å². The lowest BCUT2D eigenvalue weighted by Gasteiger charge is -2.10. The second-order valence-corrected chi connectivity index (χ2v) is 6.53. The van der Waals surface area contributed by atoms with Gasteiger partial charge in [-0.15, -0.1) is 0 Å². The molecule has 27 heavy (non-hydrogen) atoms. The van der Waals surface area contributed by atoms with Crippen molar-refractivity contribution in [3.8, 4) is 5.88 Å². The van der Waals surface area contributed by atoms with Crippen molar-refractivity contribution in [2.75, 3.05) is 0 Å². The van der Waals surface area contributed by atoms with Gasteiger partial charge < -0.3 is 5.11 Å². The number of aromatic nitrogens is 2. The first-order valence-corrected chi connectivity index (χ1v) is 9.02. The van der Waals surface area contributed by atoms with E-state index in [1.807, 2.05) is 61.5 Å². The Balaban J connectivity index is 1.98. The van der Waals surface area contributed by atoms with E-state index in [0.29, 0.717) is 6.54 Å². The summed E-state index contributed by atoms with van der Waals surface area (Å²) >= 11 is 5.13. The molecule has 1 aliphatic heterocycles. The predicted octanol–water partition coefficient (Wildman–Crippen LogP) is 4.31. The number of hydrogen-bond donors (Lipinski definition) is 2. The van der Waals surface area contributed by atoms with Crippen LogP contribution in [0.1, 0.15) is 23.6 Å². The van der Waals surface area contributed by atoms with E-state index >= 15 is 0 Å². The molecule has 6 heteroatoms. The van der Waals surface area contributed by atoms with Crippen molar-refractivity contribution in [2.24, 2.45) is 4.99 Å². The third kappa shape index (κ3) is 2.94. The molecule has 0 saturated heterocycles. The number of rotatable bonds is 3. The maximum atomic E-state index is 12.5. The molecule has 0 spiro atoms. The largest absolute Gasteiger partial charge is 0.494 e. The zero-order valence-corrected chi connectivity index (χ0v) is 15.5. The van der Waals surface area contributed by atoms with Crippen molar-refractivity contribution < 1.29 is 5.11 Å². The Bertz CT molecular complexity index is 1200. The maximum absolute atomic E-state index is 12.5. The molecule has 2 aromatic carbocycles. The van der Waals surface area contributed by atoms with Crippen LogP contribution in [0.25, 0.3) is 11.6 Å². The molecule has 0 atom stereocenters. The number of hydrogen-bond acceptors (Lipinski definition) is 4. The topological polar surface area (TPSA) is 70.4 Å². The van der Waals surface area contributed by atoms with Crippen molar-refractivity contribution >= 4 is 35.3 Å². The van der Waals surface area contributed by atoms with Crippen LogP contribution in [0, 0.1) is 4.77 Å². The second-order valence-electron chi connectivity index (χ2n) is 6.14. The first-order chi connectivity index (χ1) is 13.1. The lowest BCUT2D eigenvalue weighted by Crippen LogP contribution is -2.16. The third-order valence-corrected chi connectivity index (χ3v) is 4.86. The zero-order chi connectivity index (χ0) is 19.0. The van der Waals surface area contributed by atoms with E-state index in [2.05, 4.69) is 4.98 Å². The third-order valence-electron chi connectivity index (χ3n) is 4.54. The number of allylic oxidation sites excluding steroid dienone is 1. The Hall–Kier alpha value is -3.25. The van der Waals surface area contributed by atoms with Crippen LogP contribution in [0.2, 0.25) is 0 Å². The van der Waals surface area contributed by atoms with Crippen molar-refractivity contribution in [1.29, 1.82) is 0 Å². The molecule has 0 unspecified atom stereocenters. The number of para-hydroxylation sites is 1. The molecular formula is C21H17N3O2S. The Morgan fingerprint density at radius 3 is 2.59 bits per heavy atom. The van der Waals surface area contributed by atoms with Crippen LogP contribution >= 0.6 is 12.2 Å². The molecule has 0 saturated carbocycles. The van der Waals surface area contributed by atoms with Gasteiger partial charge in [0.15, 0.2) is 4.77 Å².